The molecule has 0 saturated carbocycles. The maximum absolute atomic E-state index is 12.0. The average Bonchev–Trinajstić information content (AvgIpc) is 2.40. The quantitative estimate of drug-likeness (QED) is 0.843. The minimum atomic E-state index is -0.108. The van der Waals surface area contributed by atoms with Crippen molar-refractivity contribution in [2.24, 2.45) is 0 Å². The molecule has 0 atom stereocenters. The van der Waals surface area contributed by atoms with Crippen molar-refractivity contribution in [2.75, 3.05) is 19.6 Å². The summed E-state index contributed by atoms with van der Waals surface area (Å²) in [7, 11) is 0. The molecule has 0 spiro atoms. The molecule has 1 aromatic carbocycles. The second-order valence-corrected chi connectivity index (χ2v) is 4.81. The van der Waals surface area contributed by atoms with Gasteiger partial charge in [0, 0.05) is 13.1 Å². The standard InChI is InChI=1S/C14H17ClN2O.ClH/c1-10-3-2-4-12(13(10)15)14(18)17-9-11-5-7-16-8-6-11;/h2-5,16H,6-9H2,1H3,(H,17,18);1H. The number of rotatable bonds is 3. The summed E-state index contributed by atoms with van der Waals surface area (Å²) in [4.78, 5) is 12.0. The first-order valence-electron chi connectivity index (χ1n) is 6.10. The maximum atomic E-state index is 12.0. The van der Waals surface area contributed by atoms with Gasteiger partial charge in [0.25, 0.3) is 5.91 Å². The second-order valence-electron chi connectivity index (χ2n) is 4.44. The van der Waals surface area contributed by atoms with Crippen LogP contribution in [0.5, 0.6) is 0 Å². The van der Waals surface area contributed by atoms with Crippen molar-refractivity contribution < 1.29 is 4.79 Å². The first-order valence-corrected chi connectivity index (χ1v) is 6.48. The molecule has 3 nitrogen and oxygen atoms in total. The first-order chi connectivity index (χ1) is 8.68. The van der Waals surface area contributed by atoms with Gasteiger partial charge in [-0.2, -0.15) is 0 Å². The van der Waals surface area contributed by atoms with Crippen LogP contribution in [0.1, 0.15) is 22.3 Å². The molecule has 0 unspecified atom stereocenters. The summed E-state index contributed by atoms with van der Waals surface area (Å²) in [6.07, 6.45) is 3.11. The molecule has 0 radical (unpaired) electrons. The van der Waals surface area contributed by atoms with E-state index in [4.69, 9.17) is 11.6 Å². The van der Waals surface area contributed by atoms with Crippen molar-refractivity contribution in [3.8, 4) is 0 Å². The van der Waals surface area contributed by atoms with E-state index in [9.17, 15) is 4.79 Å². The highest BCUT2D eigenvalue weighted by atomic mass is 35.5. The zero-order valence-corrected chi connectivity index (χ0v) is 12.4. The minimum Gasteiger partial charge on any atom is -0.348 e. The lowest BCUT2D eigenvalue weighted by molar-refractivity contribution is 0.0956. The molecule has 1 aliphatic heterocycles. The van der Waals surface area contributed by atoms with E-state index in [1.54, 1.807) is 6.07 Å². The number of nitrogens with one attached hydrogen (secondary N) is 2. The molecule has 104 valence electrons. The normalized spacial score (nSPS) is 14.3. The van der Waals surface area contributed by atoms with E-state index in [2.05, 4.69) is 16.7 Å². The van der Waals surface area contributed by atoms with Gasteiger partial charge in [-0.1, -0.05) is 35.4 Å². The largest absolute Gasteiger partial charge is 0.348 e. The van der Waals surface area contributed by atoms with Gasteiger partial charge in [0.1, 0.15) is 0 Å². The average molecular weight is 301 g/mol. The lowest BCUT2D eigenvalue weighted by Crippen LogP contribution is -2.29. The predicted octanol–water partition coefficient (Wildman–Crippen LogP) is 2.72. The molecule has 19 heavy (non-hydrogen) atoms. The summed E-state index contributed by atoms with van der Waals surface area (Å²) in [6, 6.07) is 5.50. The number of amides is 1. The monoisotopic (exact) mass is 300 g/mol. The van der Waals surface area contributed by atoms with Crippen LogP contribution in [0.4, 0.5) is 0 Å². The number of hydrogen-bond acceptors (Lipinski definition) is 2. The van der Waals surface area contributed by atoms with E-state index in [0.29, 0.717) is 17.1 Å². The Kier molecular flexibility index (Phi) is 6.35. The SMILES string of the molecule is Cc1cccc(C(=O)NCC2=CCNCC2)c1Cl.Cl. The van der Waals surface area contributed by atoms with Gasteiger partial charge in [0.2, 0.25) is 0 Å². The number of benzene rings is 1. The molecule has 5 heteroatoms. The molecule has 0 fully saturated rings. The fraction of sp³-hybridized carbons (Fsp3) is 0.357. The van der Waals surface area contributed by atoms with Crippen LogP contribution >= 0.6 is 24.0 Å². The van der Waals surface area contributed by atoms with Crippen LogP contribution < -0.4 is 10.6 Å². The topological polar surface area (TPSA) is 41.1 Å². The third-order valence-corrected chi connectivity index (χ3v) is 3.57. The predicted molar refractivity (Wildman–Crippen MR) is 81.3 cm³/mol. The number of carbonyl (C=O) groups excluding carboxylic acids is 1. The van der Waals surface area contributed by atoms with Crippen LogP contribution in [0.25, 0.3) is 0 Å². The van der Waals surface area contributed by atoms with Crippen LogP contribution in [0, 0.1) is 6.92 Å². The fourth-order valence-electron chi connectivity index (χ4n) is 1.94. The van der Waals surface area contributed by atoms with Gasteiger partial charge in [-0.3, -0.25) is 4.79 Å². The Balaban J connectivity index is 0.00000180. The molecule has 0 aromatic heterocycles. The van der Waals surface area contributed by atoms with Crippen LogP contribution in [0.3, 0.4) is 0 Å². The summed E-state index contributed by atoms with van der Waals surface area (Å²) in [5, 5.41) is 6.69. The van der Waals surface area contributed by atoms with E-state index < -0.39 is 0 Å². The molecular formula is C14H18Cl2N2O. The highest BCUT2D eigenvalue weighted by Crippen LogP contribution is 2.20. The van der Waals surface area contributed by atoms with E-state index in [0.717, 1.165) is 25.1 Å². The van der Waals surface area contributed by atoms with Gasteiger partial charge in [-0.15, -0.1) is 12.4 Å². The molecule has 1 heterocycles. The Hall–Kier alpha value is -1.03. The van der Waals surface area contributed by atoms with Gasteiger partial charge in [0.05, 0.1) is 10.6 Å². The van der Waals surface area contributed by atoms with E-state index in [-0.39, 0.29) is 18.3 Å². The molecule has 2 N–H and O–H groups in total. The Morgan fingerprint density at radius 1 is 1.47 bits per heavy atom. The molecule has 0 bridgehead atoms. The van der Waals surface area contributed by atoms with Crippen LogP contribution in [-0.4, -0.2) is 25.5 Å². The van der Waals surface area contributed by atoms with Crippen LogP contribution in [0.15, 0.2) is 29.8 Å². The Bertz CT molecular complexity index is 486. The summed E-state index contributed by atoms with van der Waals surface area (Å²) in [5.41, 5.74) is 2.74. The molecular weight excluding hydrogens is 283 g/mol. The van der Waals surface area contributed by atoms with Crippen molar-refractivity contribution in [3.63, 3.8) is 0 Å². The van der Waals surface area contributed by atoms with Crippen molar-refractivity contribution in [3.05, 3.63) is 46.0 Å². The Morgan fingerprint density at radius 3 is 2.95 bits per heavy atom. The van der Waals surface area contributed by atoms with Crippen LogP contribution in [0.2, 0.25) is 5.02 Å². The summed E-state index contributed by atoms with van der Waals surface area (Å²) < 4.78 is 0. The number of carbonyl (C=O) groups is 1. The molecule has 0 aliphatic carbocycles. The van der Waals surface area contributed by atoms with Gasteiger partial charge in [-0.25, -0.2) is 0 Å². The van der Waals surface area contributed by atoms with Crippen molar-refractivity contribution in [1.82, 2.24) is 10.6 Å². The lowest BCUT2D eigenvalue weighted by atomic mass is 10.1. The second kappa shape index (κ2) is 7.53. The van der Waals surface area contributed by atoms with Crippen molar-refractivity contribution in [1.29, 1.82) is 0 Å². The number of hydrogen-bond donors (Lipinski definition) is 2. The van der Waals surface area contributed by atoms with Crippen LogP contribution in [-0.2, 0) is 0 Å². The van der Waals surface area contributed by atoms with Crippen molar-refractivity contribution in [2.45, 2.75) is 13.3 Å². The van der Waals surface area contributed by atoms with Gasteiger partial charge >= 0.3 is 0 Å². The fourth-order valence-corrected chi connectivity index (χ4v) is 2.15. The molecule has 1 aromatic rings. The maximum Gasteiger partial charge on any atom is 0.253 e. The Labute approximate surface area is 124 Å². The molecule has 0 saturated heterocycles. The third-order valence-electron chi connectivity index (χ3n) is 3.07. The van der Waals surface area contributed by atoms with Gasteiger partial charge in [0.15, 0.2) is 0 Å². The summed E-state index contributed by atoms with van der Waals surface area (Å²) in [5.74, 6) is -0.108. The highest BCUT2D eigenvalue weighted by molar-refractivity contribution is 6.34. The molecule has 1 amide bonds. The van der Waals surface area contributed by atoms with E-state index in [1.807, 2.05) is 19.1 Å². The zero-order valence-electron chi connectivity index (χ0n) is 10.8. The van der Waals surface area contributed by atoms with Gasteiger partial charge < -0.3 is 10.6 Å². The molecule has 1 aliphatic rings. The number of halogens is 2. The summed E-state index contributed by atoms with van der Waals surface area (Å²) >= 11 is 6.12. The highest BCUT2D eigenvalue weighted by Gasteiger charge is 2.12. The van der Waals surface area contributed by atoms with E-state index in [1.165, 1.54) is 5.57 Å². The zero-order chi connectivity index (χ0) is 13.0. The van der Waals surface area contributed by atoms with Gasteiger partial charge in [-0.05, 0) is 31.5 Å². The van der Waals surface area contributed by atoms with E-state index >= 15 is 0 Å². The number of aryl methyl sites for hydroxylation is 1. The minimum absolute atomic E-state index is 0. The summed E-state index contributed by atoms with van der Waals surface area (Å²) in [6.45, 7) is 4.36. The first kappa shape index (κ1) is 16.0. The molecule has 2 rings (SSSR count). The smallest absolute Gasteiger partial charge is 0.253 e. The lowest BCUT2D eigenvalue weighted by Gasteiger charge is -2.15. The third kappa shape index (κ3) is 4.23. The van der Waals surface area contributed by atoms with Crippen molar-refractivity contribution >= 4 is 29.9 Å². The Morgan fingerprint density at radius 2 is 2.26 bits per heavy atom.